The van der Waals surface area contributed by atoms with Crippen LogP contribution in [0.4, 0.5) is 0 Å². The number of nitrogens with zero attached hydrogens (tertiary/aromatic N) is 1. The summed E-state index contributed by atoms with van der Waals surface area (Å²) in [5.41, 5.74) is 3.17. The van der Waals surface area contributed by atoms with E-state index < -0.39 is 11.5 Å². The van der Waals surface area contributed by atoms with Gasteiger partial charge < -0.3 is 4.74 Å². The summed E-state index contributed by atoms with van der Waals surface area (Å²) < 4.78 is 12.3. The monoisotopic (exact) mass is 356 g/mol. The Balaban J connectivity index is 2.54. The van der Waals surface area contributed by atoms with E-state index in [9.17, 15) is 9.59 Å². The normalized spacial score (nSPS) is 13.5. The summed E-state index contributed by atoms with van der Waals surface area (Å²) >= 11 is 3.88. The minimum atomic E-state index is -0.668. The molecule has 1 aromatic rings. The first-order valence-corrected chi connectivity index (χ1v) is 8.35. The predicted octanol–water partition coefficient (Wildman–Crippen LogP) is 2.23. The molecular weight excluding hydrogens is 328 g/mol. The van der Waals surface area contributed by atoms with Crippen molar-refractivity contribution in [2.45, 2.75) is 39.7 Å². The SMILES string of the molecule is [3H]ON(CCOC(=O)C(C)(C)CC)NC(Cc1ccccc1)C(=O)S. The molecule has 0 bridgehead atoms. The number of rotatable bonds is 11. The molecule has 7 heteroatoms. The maximum atomic E-state index is 11.9. The average molecular weight is 356 g/mol. The predicted molar refractivity (Wildman–Crippen MR) is 94.6 cm³/mol. The van der Waals surface area contributed by atoms with Crippen LogP contribution >= 0.6 is 12.6 Å². The molecule has 1 aromatic carbocycles. The summed E-state index contributed by atoms with van der Waals surface area (Å²) in [5, 5.41) is 5.13. The van der Waals surface area contributed by atoms with Gasteiger partial charge in [0, 0.05) is 0 Å². The fourth-order valence-corrected chi connectivity index (χ4v) is 1.99. The second-order valence-electron chi connectivity index (χ2n) is 6.19. The number of benzene rings is 1. The molecule has 0 saturated carbocycles. The number of hydrogen-bond donors (Lipinski definition) is 3. The van der Waals surface area contributed by atoms with Crippen molar-refractivity contribution in [1.29, 1.82) is 0 Å². The summed E-state index contributed by atoms with van der Waals surface area (Å²) in [6.45, 7) is 5.66. The number of hydrazine groups is 1. The first kappa shape index (κ1) is 18.9. The van der Waals surface area contributed by atoms with E-state index in [2.05, 4.69) is 23.3 Å². The van der Waals surface area contributed by atoms with Gasteiger partial charge in [0.15, 0.2) is 0 Å². The molecule has 0 aliphatic rings. The van der Waals surface area contributed by atoms with Crippen LogP contribution in [-0.4, -0.2) is 40.7 Å². The number of thiol groups is 1. The zero-order chi connectivity index (χ0) is 18.9. The molecule has 24 heavy (non-hydrogen) atoms. The van der Waals surface area contributed by atoms with E-state index >= 15 is 0 Å². The fraction of sp³-hybridized carbons (Fsp3) is 0.529. The maximum Gasteiger partial charge on any atom is 0.311 e. The molecule has 0 fully saturated rings. The molecule has 0 spiro atoms. The second-order valence-corrected chi connectivity index (χ2v) is 6.63. The van der Waals surface area contributed by atoms with Gasteiger partial charge in [0.05, 0.1) is 18.0 Å². The first-order valence-electron chi connectivity index (χ1n) is 8.32. The van der Waals surface area contributed by atoms with Crippen LogP contribution in [0.3, 0.4) is 0 Å². The highest BCUT2D eigenvalue weighted by atomic mass is 32.1. The van der Waals surface area contributed by atoms with Gasteiger partial charge >= 0.3 is 5.97 Å². The number of carbonyl (C=O) groups excluding carboxylic acids is 2. The zero-order valence-electron chi connectivity index (χ0n) is 15.3. The lowest BCUT2D eigenvalue weighted by Crippen LogP contribution is -2.48. The summed E-state index contributed by atoms with van der Waals surface area (Å²) in [6.07, 6.45) is 1.06. The van der Waals surface area contributed by atoms with Crippen LogP contribution < -0.4 is 5.43 Å². The van der Waals surface area contributed by atoms with Crippen LogP contribution in [0.2, 0.25) is 1.43 Å². The fourth-order valence-electron chi connectivity index (χ4n) is 1.84. The van der Waals surface area contributed by atoms with Gasteiger partial charge in [-0.05, 0) is 32.3 Å². The van der Waals surface area contributed by atoms with Crippen LogP contribution in [0.25, 0.3) is 0 Å². The number of esters is 1. The van der Waals surface area contributed by atoms with E-state index in [0.29, 0.717) is 12.8 Å². The van der Waals surface area contributed by atoms with Crippen LogP contribution in [0.5, 0.6) is 0 Å². The number of nitrogens with one attached hydrogen (secondary N) is 1. The van der Waals surface area contributed by atoms with Crippen molar-refractivity contribution in [3.05, 3.63) is 35.9 Å². The quantitative estimate of drug-likeness (QED) is 0.321. The van der Waals surface area contributed by atoms with Crippen molar-refractivity contribution in [1.82, 2.24) is 10.6 Å². The summed E-state index contributed by atoms with van der Waals surface area (Å²) in [7, 11) is 0. The molecular formula is C17H26N2O4S. The van der Waals surface area contributed by atoms with Gasteiger partial charge in [-0.2, -0.15) is 0 Å². The van der Waals surface area contributed by atoms with E-state index in [4.69, 9.17) is 6.17 Å². The first-order chi connectivity index (χ1) is 11.8. The van der Waals surface area contributed by atoms with E-state index in [1.807, 2.05) is 51.1 Å². The molecule has 6 nitrogen and oxygen atoms in total. The van der Waals surface area contributed by atoms with Crippen LogP contribution in [0.15, 0.2) is 30.3 Å². The Morgan fingerprint density at radius 2 is 2.08 bits per heavy atom. The average Bonchev–Trinajstić information content (AvgIpc) is 2.60. The lowest BCUT2D eigenvalue weighted by Gasteiger charge is -2.24. The van der Waals surface area contributed by atoms with Crippen molar-refractivity contribution >= 4 is 23.7 Å². The molecule has 0 aromatic heterocycles. The molecule has 0 amide bonds. The highest BCUT2D eigenvalue weighted by Crippen LogP contribution is 2.21. The number of ether oxygens (including phenoxy) is 1. The van der Waals surface area contributed by atoms with Crippen molar-refractivity contribution in [3.8, 4) is 0 Å². The Morgan fingerprint density at radius 1 is 1.42 bits per heavy atom. The number of hydroxylamine groups is 1. The van der Waals surface area contributed by atoms with Gasteiger partial charge in [-0.25, -0.2) is 5.43 Å². The molecule has 0 heterocycles. The van der Waals surface area contributed by atoms with Crippen molar-refractivity contribution < 1.29 is 21.0 Å². The smallest absolute Gasteiger partial charge is 0.311 e. The van der Waals surface area contributed by atoms with E-state index in [-0.39, 0.29) is 24.2 Å². The van der Waals surface area contributed by atoms with E-state index in [1.54, 1.807) is 0 Å². The Morgan fingerprint density at radius 3 is 2.62 bits per heavy atom. The Labute approximate surface area is 150 Å². The summed E-state index contributed by atoms with van der Waals surface area (Å²) in [6, 6.07) is 8.77. The van der Waals surface area contributed by atoms with Gasteiger partial charge in [0.1, 0.15) is 6.61 Å². The number of carbonyl (C=O) groups is 2. The molecule has 1 unspecified atom stereocenters. The van der Waals surface area contributed by atoms with Gasteiger partial charge in [0.2, 0.25) is 6.55 Å². The van der Waals surface area contributed by atoms with Crippen LogP contribution in [0.1, 0.15) is 32.8 Å². The summed E-state index contributed by atoms with van der Waals surface area (Å²) in [4.78, 5) is 23.6. The molecule has 0 saturated heterocycles. The Hall–Kier alpha value is -1.41. The standard InChI is InChI=1S/C17H26N2O4S/c1-4-17(2,3)16(21)23-11-10-19(22)18-14(15(20)24)12-13-8-6-5-7-9-13/h5-9,14,18,22H,4,10-12H2,1-3H3,(H,20,24)/i22T. The van der Waals surface area contributed by atoms with Gasteiger partial charge in [-0.3, -0.25) is 14.8 Å². The van der Waals surface area contributed by atoms with E-state index in [0.717, 1.165) is 10.7 Å². The van der Waals surface area contributed by atoms with Crippen molar-refractivity contribution in [2.24, 2.45) is 5.41 Å². The molecule has 1 rings (SSSR count). The van der Waals surface area contributed by atoms with Crippen LogP contribution in [-0.2, 0) is 20.7 Å². The lowest BCUT2D eigenvalue weighted by molar-refractivity contribution is -0.171. The number of hydrogen-bond acceptors (Lipinski definition) is 6. The molecule has 1 atom stereocenters. The second kappa shape index (κ2) is 9.78. The molecule has 2 N–H and O–H groups in total. The molecule has 0 aliphatic carbocycles. The van der Waals surface area contributed by atoms with Gasteiger partial charge in [-0.15, -0.1) is 17.8 Å². The third-order valence-electron chi connectivity index (χ3n) is 3.84. The van der Waals surface area contributed by atoms with Gasteiger partial charge in [0.25, 0.3) is 0 Å². The topological polar surface area (TPSA) is 78.9 Å². The van der Waals surface area contributed by atoms with Crippen LogP contribution in [0, 0.1) is 5.41 Å². The minimum Gasteiger partial charge on any atom is -0.464 e. The van der Waals surface area contributed by atoms with E-state index in [1.165, 1.54) is 0 Å². The largest absolute Gasteiger partial charge is 0.464 e. The maximum absolute atomic E-state index is 11.9. The zero-order valence-corrected chi connectivity index (χ0v) is 15.2. The lowest BCUT2D eigenvalue weighted by atomic mass is 9.91. The third-order valence-corrected chi connectivity index (χ3v) is 4.16. The highest BCUT2D eigenvalue weighted by molar-refractivity contribution is 7.96. The molecule has 134 valence electrons. The minimum absolute atomic E-state index is 0.0347. The van der Waals surface area contributed by atoms with Gasteiger partial charge in [-0.1, -0.05) is 37.3 Å². The molecule has 0 aliphatic heterocycles. The highest BCUT2D eigenvalue weighted by Gasteiger charge is 2.27. The molecule has 0 radical (unpaired) electrons. The summed E-state index contributed by atoms with van der Waals surface area (Å²) in [5.74, 6) is -0.314. The van der Waals surface area contributed by atoms with Crippen molar-refractivity contribution in [3.63, 3.8) is 0 Å². The third kappa shape index (κ3) is 7.00. The Kier molecular flexibility index (Phi) is 7.71. The van der Waals surface area contributed by atoms with Crippen molar-refractivity contribution in [2.75, 3.05) is 13.2 Å². The Bertz CT molecular complexity index is 557.